The molecule has 0 spiro atoms. The fourth-order valence-electron chi connectivity index (χ4n) is 1.25. The quantitative estimate of drug-likeness (QED) is 0.602. The Hall–Kier alpha value is -1.84. The second-order valence-corrected chi connectivity index (χ2v) is 3.23. The molecule has 0 bridgehead atoms. The number of aliphatic imine (C=N–C) groups is 1. The van der Waals surface area contributed by atoms with Crippen molar-refractivity contribution in [3.8, 4) is 0 Å². The van der Waals surface area contributed by atoms with Gasteiger partial charge < -0.3 is 5.73 Å². The molecule has 0 radical (unpaired) electrons. The zero-order valence-electron chi connectivity index (χ0n) is 9.14. The summed E-state index contributed by atoms with van der Waals surface area (Å²) in [7, 11) is 0. The van der Waals surface area contributed by atoms with Gasteiger partial charge in [-0.15, -0.1) is 0 Å². The van der Waals surface area contributed by atoms with Crippen LogP contribution in [0.15, 0.2) is 35.0 Å². The van der Waals surface area contributed by atoms with Crippen molar-refractivity contribution < 1.29 is 0 Å². The number of nitrogens with two attached hydrogens (primary N) is 1. The minimum absolute atomic E-state index is 0.655. The molecular formula is C11H16N4. The minimum Gasteiger partial charge on any atom is -0.384 e. The summed E-state index contributed by atoms with van der Waals surface area (Å²) in [6.45, 7) is 7.93. The molecule has 2 N–H and O–H groups in total. The van der Waals surface area contributed by atoms with Crippen molar-refractivity contribution in [2.75, 3.05) is 5.73 Å². The van der Waals surface area contributed by atoms with Crippen LogP contribution in [0.5, 0.6) is 0 Å². The van der Waals surface area contributed by atoms with Crippen LogP contribution < -0.4 is 5.73 Å². The molecule has 0 unspecified atom stereocenters. The topological polar surface area (TPSA) is 56.2 Å². The van der Waals surface area contributed by atoms with Crippen LogP contribution in [-0.2, 0) is 6.54 Å². The first kappa shape index (κ1) is 11.2. The summed E-state index contributed by atoms with van der Waals surface area (Å²) >= 11 is 0. The molecule has 0 amide bonds. The lowest BCUT2D eigenvalue weighted by Gasteiger charge is -2.04. The summed E-state index contributed by atoms with van der Waals surface area (Å²) < 4.78 is 1.76. The molecule has 1 aromatic heterocycles. The zero-order valence-corrected chi connectivity index (χ0v) is 9.14. The van der Waals surface area contributed by atoms with E-state index < -0.39 is 0 Å². The zero-order chi connectivity index (χ0) is 11.3. The second kappa shape index (κ2) is 5.14. The Labute approximate surface area is 89.8 Å². The van der Waals surface area contributed by atoms with Gasteiger partial charge in [0.25, 0.3) is 0 Å². The van der Waals surface area contributed by atoms with E-state index in [2.05, 4.69) is 16.8 Å². The van der Waals surface area contributed by atoms with E-state index >= 15 is 0 Å². The van der Waals surface area contributed by atoms with Crippen molar-refractivity contribution in [3.05, 3.63) is 35.7 Å². The predicted molar refractivity (Wildman–Crippen MR) is 63.8 cm³/mol. The van der Waals surface area contributed by atoms with Crippen molar-refractivity contribution in [1.82, 2.24) is 9.78 Å². The summed E-state index contributed by atoms with van der Waals surface area (Å²) in [6, 6.07) is 1.85. The van der Waals surface area contributed by atoms with Gasteiger partial charge >= 0.3 is 0 Å². The highest BCUT2D eigenvalue weighted by Crippen LogP contribution is 2.09. The summed E-state index contributed by atoms with van der Waals surface area (Å²) in [6.07, 6.45) is 5.55. The highest BCUT2D eigenvalue weighted by Gasteiger charge is 2.01. The molecule has 1 aromatic rings. The van der Waals surface area contributed by atoms with Gasteiger partial charge in [0, 0.05) is 12.3 Å². The van der Waals surface area contributed by atoms with Crippen LogP contribution in [0.1, 0.15) is 12.6 Å². The fraction of sp³-hybridized carbons (Fsp3) is 0.273. The first-order valence-corrected chi connectivity index (χ1v) is 4.75. The Bertz CT molecular complexity index is 399. The lowest BCUT2D eigenvalue weighted by atomic mass is 10.2. The van der Waals surface area contributed by atoms with E-state index in [0.29, 0.717) is 12.4 Å². The highest BCUT2D eigenvalue weighted by molar-refractivity contribution is 5.32. The van der Waals surface area contributed by atoms with Crippen LogP contribution in [0.25, 0.3) is 0 Å². The molecule has 0 aromatic carbocycles. The van der Waals surface area contributed by atoms with E-state index in [1.807, 2.05) is 32.1 Å². The lowest BCUT2D eigenvalue weighted by Crippen LogP contribution is -2.05. The van der Waals surface area contributed by atoms with E-state index in [1.54, 1.807) is 10.9 Å². The maximum Gasteiger partial charge on any atom is 0.122 e. The molecule has 4 nitrogen and oxygen atoms in total. The molecule has 1 rings (SSSR count). The Kier molecular flexibility index (Phi) is 3.85. The first-order chi connectivity index (χ1) is 7.17. The van der Waals surface area contributed by atoms with Crippen molar-refractivity contribution >= 4 is 12.5 Å². The number of nitrogens with zero attached hydrogens (tertiary/aromatic N) is 3. The molecular weight excluding hydrogens is 188 g/mol. The number of nitrogen functional groups attached to an aromatic ring is 1. The smallest absolute Gasteiger partial charge is 0.122 e. The normalized spacial score (nSPS) is 12.3. The Morgan fingerprint density at radius 2 is 2.47 bits per heavy atom. The summed E-state index contributed by atoms with van der Waals surface area (Å²) in [5.74, 6) is 0.673. The summed E-state index contributed by atoms with van der Waals surface area (Å²) in [4.78, 5) is 3.66. The Morgan fingerprint density at radius 3 is 2.93 bits per heavy atom. The number of allylic oxidation sites excluding steroid dienone is 3. The molecule has 80 valence electrons. The Morgan fingerprint density at radius 1 is 1.73 bits per heavy atom. The van der Waals surface area contributed by atoms with Gasteiger partial charge in [-0.1, -0.05) is 6.08 Å². The van der Waals surface area contributed by atoms with Gasteiger partial charge in [0.1, 0.15) is 5.82 Å². The third-order valence-corrected chi connectivity index (χ3v) is 2.03. The Balaban J connectivity index is 2.80. The predicted octanol–water partition coefficient (Wildman–Crippen LogP) is 1.93. The van der Waals surface area contributed by atoms with Crippen molar-refractivity contribution in [1.29, 1.82) is 0 Å². The molecule has 0 aliphatic heterocycles. The number of aromatic nitrogens is 2. The molecule has 0 saturated heterocycles. The SMILES string of the molecule is C=N/C=C\C(=C/C)Cn1nc(C)cc1N. The van der Waals surface area contributed by atoms with E-state index in [0.717, 1.165) is 11.3 Å². The van der Waals surface area contributed by atoms with Crippen LogP contribution in [-0.4, -0.2) is 16.5 Å². The number of aryl methyl sites for hydroxylation is 1. The van der Waals surface area contributed by atoms with E-state index in [9.17, 15) is 0 Å². The van der Waals surface area contributed by atoms with Gasteiger partial charge in [0.2, 0.25) is 0 Å². The molecule has 0 aliphatic carbocycles. The largest absolute Gasteiger partial charge is 0.384 e. The average Bonchev–Trinajstić information content (AvgIpc) is 2.52. The number of hydrogen-bond acceptors (Lipinski definition) is 3. The minimum atomic E-state index is 0.655. The van der Waals surface area contributed by atoms with Gasteiger partial charge in [0.05, 0.1) is 12.2 Å². The van der Waals surface area contributed by atoms with Crippen LogP contribution in [0.3, 0.4) is 0 Å². The van der Waals surface area contributed by atoms with Gasteiger partial charge in [-0.3, -0.25) is 4.99 Å². The van der Waals surface area contributed by atoms with Gasteiger partial charge in [-0.25, -0.2) is 4.68 Å². The number of rotatable bonds is 4. The maximum atomic E-state index is 5.79. The average molecular weight is 204 g/mol. The number of anilines is 1. The molecule has 0 fully saturated rings. The molecule has 1 heterocycles. The molecule has 0 aliphatic rings. The van der Waals surface area contributed by atoms with Crippen molar-refractivity contribution in [2.24, 2.45) is 4.99 Å². The lowest BCUT2D eigenvalue weighted by molar-refractivity contribution is 0.688. The first-order valence-electron chi connectivity index (χ1n) is 4.75. The van der Waals surface area contributed by atoms with E-state index in [1.165, 1.54) is 0 Å². The van der Waals surface area contributed by atoms with E-state index in [-0.39, 0.29) is 0 Å². The van der Waals surface area contributed by atoms with Gasteiger partial charge in [0.15, 0.2) is 0 Å². The standard InChI is InChI=1S/C11H16N4/c1-4-10(5-6-13-3)8-15-11(12)7-9(2)14-15/h4-7H,3,8,12H2,1-2H3/b6-5-,10-4+. The fourth-order valence-corrected chi connectivity index (χ4v) is 1.25. The monoisotopic (exact) mass is 204 g/mol. The molecule has 4 heteroatoms. The second-order valence-electron chi connectivity index (χ2n) is 3.23. The molecule has 0 saturated carbocycles. The maximum absolute atomic E-state index is 5.79. The van der Waals surface area contributed by atoms with Gasteiger partial charge in [-0.05, 0) is 32.2 Å². The third kappa shape index (κ3) is 3.09. The highest BCUT2D eigenvalue weighted by atomic mass is 15.3. The van der Waals surface area contributed by atoms with Crippen molar-refractivity contribution in [3.63, 3.8) is 0 Å². The van der Waals surface area contributed by atoms with E-state index in [4.69, 9.17) is 5.73 Å². The molecule has 0 atom stereocenters. The summed E-state index contributed by atoms with van der Waals surface area (Å²) in [5, 5.41) is 4.28. The molecule has 15 heavy (non-hydrogen) atoms. The van der Waals surface area contributed by atoms with Crippen LogP contribution in [0, 0.1) is 6.92 Å². The van der Waals surface area contributed by atoms with Crippen LogP contribution in [0.4, 0.5) is 5.82 Å². The van der Waals surface area contributed by atoms with Crippen LogP contribution >= 0.6 is 0 Å². The number of hydrogen-bond donors (Lipinski definition) is 1. The van der Waals surface area contributed by atoms with Gasteiger partial charge in [-0.2, -0.15) is 5.10 Å². The van der Waals surface area contributed by atoms with Crippen LogP contribution in [0.2, 0.25) is 0 Å². The summed E-state index contributed by atoms with van der Waals surface area (Å²) in [5.41, 5.74) is 7.81. The third-order valence-electron chi connectivity index (χ3n) is 2.03. The van der Waals surface area contributed by atoms with Crippen molar-refractivity contribution in [2.45, 2.75) is 20.4 Å².